The highest BCUT2D eigenvalue weighted by molar-refractivity contribution is 9.10. The second-order valence-electron chi connectivity index (χ2n) is 6.05. The molecule has 0 spiro atoms. The Bertz CT molecular complexity index is 463. The number of benzene rings is 1. The van der Waals surface area contributed by atoms with E-state index in [0.717, 1.165) is 12.6 Å². The Balaban J connectivity index is 1.63. The molecule has 20 heavy (non-hydrogen) atoms. The molecule has 1 aromatic carbocycles. The van der Waals surface area contributed by atoms with Crippen LogP contribution in [0.4, 0.5) is 0 Å². The number of nitrogens with zero attached hydrogens (tertiary/aromatic N) is 2. The number of nitrogens with two attached hydrogens (primary N) is 1. The van der Waals surface area contributed by atoms with Crippen molar-refractivity contribution >= 4 is 15.9 Å². The largest absolute Gasteiger partial charge is 0.326 e. The SMILES string of the molecule is NCc1ccc(CN2CCN3CCCCC3C2)c(Br)c1. The normalized spacial score (nSPS) is 24.6. The summed E-state index contributed by atoms with van der Waals surface area (Å²) < 4.78 is 1.20. The number of hydrogen-bond acceptors (Lipinski definition) is 3. The van der Waals surface area contributed by atoms with E-state index in [0.29, 0.717) is 6.54 Å². The van der Waals surface area contributed by atoms with Crippen LogP contribution in [-0.2, 0) is 13.1 Å². The first-order valence-electron chi connectivity index (χ1n) is 7.70. The highest BCUT2D eigenvalue weighted by atomic mass is 79.9. The molecule has 1 atom stereocenters. The van der Waals surface area contributed by atoms with Crippen molar-refractivity contribution in [2.24, 2.45) is 5.73 Å². The number of rotatable bonds is 3. The second-order valence-corrected chi connectivity index (χ2v) is 6.90. The van der Waals surface area contributed by atoms with Gasteiger partial charge < -0.3 is 5.73 Å². The van der Waals surface area contributed by atoms with Crippen LogP contribution in [0.15, 0.2) is 22.7 Å². The molecule has 0 aromatic heterocycles. The van der Waals surface area contributed by atoms with Crippen molar-refractivity contribution < 1.29 is 0 Å². The van der Waals surface area contributed by atoms with E-state index < -0.39 is 0 Å². The Labute approximate surface area is 130 Å². The summed E-state index contributed by atoms with van der Waals surface area (Å²) in [6.07, 6.45) is 4.18. The first-order valence-corrected chi connectivity index (χ1v) is 8.49. The minimum atomic E-state index is 0.611. The van der Waals surface area contributed by atoms with Gasteiger partial charge in [0, 0.05) is 43.2 Å². The summed E-state index contributed by atoms with van der Waals surface area (Å²) in [5, 5.41) is 0. The summed E-state index contributed by atoms with van der Waals surface area (Å²) >= 11 is 3.69. The minimum absolute atomic E-state index is 0.611. The van der Waals surface area contributed by atoms with Gasteiger partial charge in [0.05, 0.1) is 0 Å². The summed E-state index contributed by atoms with van der Waals surface area (Å²) in [6, 6.07) is 7.32. The van der Waals surface area contributed by atoms with Gasteiger partial charge in [-0.1, -0.05) is 34.5 Å². The quantitative estimate of drug-likeness (QED) is 0.920. The minimum Gasteiger partial charge on any atom is -0.326 e. The van der Waals surface area contributed by atoms with Crippen LogP contribution < -0.4 is 5.73 Å². The first-order chi connectivity index (χ1) is 9.76. The van der Waals surface area contributed by atoms with Crippen LogP contribution in [0.5, 0.6) is 0 Å². The van der Waals surface area contributed by atoms with Gasteiger partial charge >= 0.3 is 0 Å². The fourth-order valence-corrected chi connectivity index (χ4v) is 4.00. The Morgan fingerprint density at radius 1 is 1.20 bits per heavy atom. The van der Waals surface area contributed by atoms with E-state index in [1.807, 2.05) is 0 Å². The summed E-state index contributed by atoms with van der Waals surface area (Å²) in [4.78, 5) is 5.29. The predicted molar refractivity (Wildman–Crippen MR) is 86.5 cm³/mol. The van der Waals surface area contributed by atoms with Crippen LogP contribution >= 0.6 is 15.9 Å². The van der Waals surface area contributed by atoms with E-state index in [1.54, 1.807) is 0 Å². The van der Waals surface area contributed by atoms with Gasteiger partial charge in [-0.25, -0.2) is 0 Å². The number of fused-ring (bicyclic) bond motifs is 1. The second kappa shape index (κ2) is 6.56. The van der Waals surface area contributed by atoms with E-state index >= 15 is 0 Å². The van der Waals surface area contributed by atoms with Gasteiger partial charge in [0.25, 0.3) is 0 Å². The van der Waals surface area contributed by atoms with Crippen molar-refractivity contribution in [2.75, 3.05) is 26.2 Å². The molecule has 0 bridgehead atoms. The molecule has 110 valence electrons. The predicted octanol–water partition coefficient (Wildman–Crippen LogP) is 2.58. The lowest BCUT2D eigenvalue weighted by Gasteiger charge is -2.44. The van der Waals surface area contributed by atoms with Crippen molar-refractivity contribution in [3.63, 3.8) is 0 Å². The van der Waals surface area contributed by atoms with Gasteiger partial charge in [-0.15, -0.1) is 0 Å². The lowest BCUT2D eigenvalue weighted by atomic mass is 9.99. The number of piperazine rings is 1. The van der Waals surface area contributed by atoms with Crippen molar-refractivity contribution in [1.82, 2.24) is 9.80 Å². The van der Waals surface area contributed by atoms with Crippen LogP contribution in [0.25, 0.3) is 0 Å². The number of piperidine rings is 1. The molecule has 3 nitrogen and oxygen atoms in total. The van der Waals surface area contributed by atoms with Crippen LogP contribution in [-0.4, -0.2) is 42.0 Å². The van der Waals surface area contributed by atoms with Gasteiger partial charge in [0.2, 0.25) is 0 Å². The third-order valence-electron chi connectivity index (χ3n) is 4.67. The van der Waals surface area contributed by atoms with E-state index in [9.17, 15) is 0 Å². The molecule has 2 fully saturated rings. The molecule has 0 radical (unpaired) electrons. The van der Waals surface area contributed by atoms with Crippen LogP contribution in [0.3, 0.4) is 0 Å². The van der Waals surface area contributed by atoms with E-state index in [-0.39, 0.29) is 0 Å². The summed E-state index contributed by atoms with van der Waals surface area (Å²) in [5.74, 6) is 0. The maximum atomic E-state index is 5.69. The maximum absolute atomic E-state index is 5.69. The lowest BCUT2D eigenvalue weighted by molar-refractivity contribution is 0.0456. The Kier molecular flexibility index (Phi) is 4.76. The van der Waals surface area contributed by atoms with Crippen molar-refractivity contribution in [3.05, 3.63) is 33.8 Å². The zero-order chi connectivity index (χ0) is 13.9. The maximum Gasteiger partial charge on any atom is 0.0246 e. The highest BCUT2D eigenvalue weighted by Gasteiger charge is 2.28. The molecule has 2 aliphatic heterocycles. The van der Waals surface area contributed by atoms with E-state index in [4.69, 9.17) is 5.73 Å². The molecule has 3 rings (SSSR count). The third kappa shape index (κ3) is 3.25. The Hall–Kier alpha value is -0.420. The van der Waals surface area contributed by atoms with E-state index in [1.165, 1.54) is 61.0 Å². The summed E-state index contributed by atoms with van der Waals surface area (Å²) in [6.45, 7) is 6.64. The average Bonchev–Trinajstić information content (AvgIpc) is 2.49. The number of hydrogen-bond donors (Lipinski definition) is 1. The molecule has 2 heterocycles. The summed E-state index contributed by atoms with van der Waals surface area (Å²) in [7, 11) is 0. The van der Waals surface area contributed by atoms with E-state index in [2.05, 4.69) is 43.9 Å². The van der Waals surface area contributed by atoms with Gasteiger partial charge in [-0.3, -0.25) is 9.80 Å². The van der Waals surface area contributed by atoms with Crippen LogP contribution in [0.1, 0.15) is 30.4 Å². The molecule has 1 aromatic rings. The topological polar surface area (TPSA) is 32.5 Å². The molecule has 0 saturated carbocycles. The Morgan fingerprint density at radius 2 is 2.10 bits per heavy atom. The van der Waals surface area contributed by atoms with Crippen LogP contribution in [0, 0.1) is 0 Å². The zero-order valence-electron chi connectivity index (χ0n) is 12.0. The molecule has 4 heteroatoms. The lowest BCUT2D eigenvalue weighted by Crippen LogP contribution is -2.54. The molecule has 0 aliphatic carbocycles. The zero-order valence-corrected chi connectivity index (χ0v) is 13.6. The summed E-state index contributed by atoms with van der Waals surface area (Å²) in [5.41, 5.74) is 8.26. The van der Waals surface area contributed by atoms with Gasteiger partial charge in [-0.2, -0.15) is 0 Å². The van der Waals surface area contributed by atoms with Crippen molar-refractivity contribution in [1.29, 1.82) is 0 Å². The molecule has 0 amide bonds. The van der Waals surface area contributed by atoms with Gasteiger partial charge in [0.15, 0.2) is 0 Å². The van der Waals surface area contributed by atoms with Gasteiger partial charge in [0.1, 0.15) is 0 Å². The number of halogens is 1. The molecule has 2 saturated heterocycles. The molecule has 2 aliphatic rings. The highest BCUT2D eigenvalue weighted by Crippen LogP contribution is 2.24. The molecular formula is C16H24BrN3. The standard InChI is InChI=1S/C16H24BrN3/c17-16-9-13(10-18)4-5-14(16)11-19-7-8-20-6-2-1-3-15(20)12-19/h4-5,9,15H,1-3,6-8,10-12,18H2. The Morgan fingerprint density at radius 3 is 2.90 bits per heavy atom. The van der Waals surface area contributed by atoms with Gasteiger partial charge in [-0.05, 0) is 36.6 Å². The fourth-order valence-electron chi connectivity index (χ4n) is 3.45. The molecule has 1 unspecified atom stereocenters. The fraction of sp³-hybridized carbons (Fsp3) is 0.625. The molecular weight excluding hydrogens is 314 g/mol. The van der Waals surface area contributed by atoms with Crippen molar-refractivity contribution in [2.45, 2.75) is 38.4 Å². The monoisotopic (exact) mass is 337 g/mol. The third-order valence-corrected chi connectivity index (χ3v) is 5.41. The molecule has 2 N–H and O–H groups in total. The first kappa shape index (κ1) is 14.5. The van der Waals surface area contributed by atoms with Crippen molar-refractivity contribution in [3.8, 4) is 0 Å². The van der Waals surface area contributed by atoms with Crippen LogP contribution in [0.2, 0.25) is 0 Å². The smallest absolute Gasteiger partial charge is 0.0246 e. The average molecular weight is 338 g/mol.